The van der Waals surface area contributed by atoms with E-state index in [-0.39, 0.29) is 24.4 Å². The molecule has 0 spiro atoms. The zero-order chi connectivity index (χ0) is 16.7. The molecule has 0 unspecified atom stereocenters. The van der Waals surface area contributed by atoms with E-state index in [9.17, 15) is 14.3 Å². The lowest BCUT2D eigenvalue weighted by Crippen LogP contribution is -2.10. The Morgan fingerprint density at radius 3 is 2.57 bits per heavy atom. The number of rotatable bonds is 6. The second-order valence-corrected chi connectivity index (χ2v) is 4.75. The number of ether oxygens (including phenoxy) is 2. The lowest BCUT2D eigenvalue weighted by molar-refractivity contribution is -0.138. The molecular formula is C18H17FO4. The highest BCUT2D eigenvalue weighted by molar-refractivity contribution is 5.88. The summed E-state index contributed by atoms with van der Waals surface area (Å²) in [7, 11) is 0. The van der Waals surface area contributed by atoms with Crippen LogP contribution in [0.2, 0.25) is 0 Å². The summed E-state index contributed by atoms with van der Waals surface area (Å²) in [4.78, 5) is 11.7. The molecule has 1 N–H and O–H groups in total. The third kappa shape index (κ3) is 4.85. The summed E-state index contributed by atoms with van der Waals surface area (Å²) < 4.78 is 23.4. The second-order valence-electron chi connectivity index (χ2n) is 4.75. The van der Waals surface area contributed by atoms with E-state index in [0.717, 1.165) is 11.8 Å². The van der Waals surface area contributed by atoms with Crippen molar-refractivity contribution < 1.29 is 23.8 Å². The maximum Gasteiger partial charge on any atom is 0.337 e. The molecular weight excluding hydrogens is 299 g/mol. The Morgan fingerprint density at radius 2 is 1.91 bits per heavy atom. The largest absolute Gasteiger partial charge is 0.515 e. The molecule has 4 nitrogen and oxygen atoms in total. The summed E-state index contributed by atoms with van der Waals surface area (Å²) in [5.41, 5.74) is 0.934. The van der Waals surface area contributed by atoms with E-state index in [2.05, 4.69) is 0 Å². The van der Waals surface area contributed by atoms with Crippen molar-refractivity contribution in [3.05, 3.63) is 71.7 Å². The van der Waals surface area contributed by atoms with Gasteiger partial charge in [-0.25, -0.2) is 9.18 Å². The minimum absolute atomic E-state index is 0.158. The number of hydrogen-bond donors (Lipinski definition) is 1. The van der Waals surface area contributed by atoms with E-state index in [1.807, 2.05) is 0 Å². The molecule has 0 fully saturated rings. The maximum atomic E-state index is 12.9. The van der Waals surface area contributed by atoms with Gasteiger partial charge in [-0.1, -0.05) is 12.1 Å². The molecule has 23 heavy (non-hydrogen) atoms. The van der Waals surface area contributed by atoms with Gasteiger partial charge >= 0.3 is 5.97 Å². The molecule has 0 saturated carbocycles. The molecule has 0 radical (unpaired) electrons. The van der Waals surface area contributed by atoms with Crippen LogP contribution in [0.25, 0.3) is 0 Å². The van der Waals surface area contributed by atoms with Gasteiger partial charge in [0.15, 0.2) is 0 Å². The first kappa shape index (κ1) is 16.5. The number of aliphatic hydroxyl groups excluding tert-OH is 1. The van der Waals surface area contributed by atoms with Gasteiger partial charge in [0.2, 0.25) is 0 Å². The van der Waals surface area contributed by atoms with Gasteiger partial charge in [0, 0.05) is 6.42 Å². The number of benzene rings is 2. The number of carbonyl (C=O) groups excluding carboxylic acids is 1. The van der Waals surface area contributed by atoms with E-state index in [4.69, 9.17) is 9.47 Å². The fourth-order valence-corrected chi connectivity index (χ4v) is 1.97. The van der Waals surface area contributed by atoms with E-state index in [0.29, 0.717) is 11.5 Å². The Bertz CT molecular complexity index is 692. The van der Waals surface area contributed by atoms with E-state index >= 15 is 0 Å². The first-order valence-corrected chi connectivity index (χ1v) is 7.15. The van der Waals surface area contributed by atoms with Gasteiger partial charge in [-0.3, -0.25) is 0 Å². The molecule has 0 amide bonds. The molecule has 2 aromatic carbocycles. The molecule has 0 atom stereocenters. The summed E-state index contributed by atoms with van der Waals surface area (Å²) in [5.74, 6) is 0.167. The zero-order valence-electron chi connectivity index (χ0n) is 12.7. The van der Waals surface area contributed by atoms with Crippen molar-refractivity contribution in [2.24, 2.45) is 0 Å². The van der Waals surface area contributed by atoms with Gasteiger partial charge in [-0.05, 0) is 48.9 Å². The molecule has 0 aliphatic heterocycles. The number of halogens is 1. The lowest BCUT2D eigenvalue weighted by atomic mass is 10.1. The Kier molecular flexibility index (Phi) is 5.74. The molecule has 0 bridgehead atoms. The van der Waals surface area contributed by atoms with Crippen LogP contribution in [0.15, 0.2) is 60.4 Å². The predicted molar refractivity (Wildman–Crippen MR) is 84.0 cm³/mol. The number of hydrogen-bond acceptors (Lipinski definition) is 4. The Hall–Kier alpha value is -2.82. The van der Waals surface area contributed by atoms with E-state index in [1.54, 1.807) is 31.2 Å². The van der Waals surface area contributed by atoms with Crippen LogP contribution >= 0.6 is 0 Å². The van der Waals surface area contributed by atoms with Gasteiger partial charge in [0.25, 0.3) is 0 Å². The van der Waals surface area contributed by atoms with Crippen LogP contribution in [0.4, 0.5) is 4.39 Å². The Balaban J connectivity index is 2.10. The van der Waals surface area contributed by atoms with Crippen molar-refractivity contribution in [2.75, 3.05) is 6.61 Å². The van der Waals surface area contributed by atoms with Gasteiger partial charge in [0.05, 0.1) is 18.4 Å². The summed E-state index contributed by atoms with van der Waals surface area (Å²) in [6, 6.07) is 12.7. The Morgan fingerprint density at radius 1 is 1.17 bits per heavy atom. The monoisotopic (exact) mass is 316 g/mol. The second kappa shape index (κ2) is 7.98. The quantitative estimate of drug-likeness (QED) is 0.494. The number of esters is 1. The third-order valence-corrected chi connectivity index (χ3v) is 3.04. The van der Waals surface area contributed by atoms with Gasteiger partial charge in [-0.15, -0.1) is 0 Å². The summed E-state index contributed by atoms with van der Waals surface area (Å²) in [6.07, 6.45) is 0.974. The molecule has 2 aromatic rings. The first-order chi connectivity index (χ1) is 11.1. The van der Waals surface area contributed by atoms with Crippen molar-refractivity contribution >= 4 is 5.97 Å². The van der Waals surface area contributed by atoms with Crippen LogP contribution in [0, 0.1) is 5.82 Å². The standard InChI is InChI=1S/C18H17FO4/c1-2-22-18(21)14(12-20)10-13-4-3-5-17(11-13)23-16-8-6-15(19)7-9-16/h3-9,11-12,20H,2,10H2,1H3/b14-12+. The van der Waals surface area contributed by atoms with Crippen LogP contribution < -0.4 is 4.74 Å². The van der Waals surface area contributed by atoms with Crippen LogP contribution in [0.3, 0.4) is 0 Å². The lowest BCUT2D eigenvalue weighted by Gasteiger charge is -2.09. The molecule has 0 aliphatic carbocycles. The SMILES string of the molecule is CCOC(=O)/C(=C/O)Cc1cccc(Oc2ccc(F)cc2)c1. The average Bonchev–Trinajstić information content (AvgIpc) is 2.55. The molecule has 0 aromatic heterocycles. The van der Waals surface area contributed by atoms with Crippen molar-refractivity contribution in [1.29, 1.82) is 0 Å². The predicted octanol–water partition coefficient (Wildman–Crippen LogP) is 4.17. The van der Waals surface area contributed by atoms with Crippen LogP contribution in [0.5, 0.6) is 11.5 Å². The fourth-order valence-electron chi connectivity index (χ4n) is 1.97. The van der Waals surface area contributed by atoms with Gasteiger partial charge < -0.3 is 14.6 Å². The first-order valence-electron chi connectivity index (χ1n) is 7.15. The van der Waals surface area contributed by atoms with Crippen LogP contribution in [0.1, 0.15) is 12.5 Å². The summed E-state index contributed by atoms with van der Waals surface area (Å²) in [6.45, 7) is 1.94. The molecule has 120 valence electrons. The van der Waals surface area contributed by atoms with Crippen LogP contribution in [-0.4, -0.2) is 17.7 Å². The molecule has 0 heterocycles. The highest BCUT2D eigenvalue weighted by atomic mass is 19.1. The molecule has 0 aliphatic rings. The fraction of sp³-hybridized carbons (Fsp3) is 0.167. The normalized spacial score (nSPS) is 11.1. The maximum absolute atomic E-state index is 12.9. The van der Waals surface area contributed by atoms with E-state index in [1.165, 1.54) is 24.3 Å². The zero-order valence-corrected chi connectivity index (χ0v) is 12.7. The highest BCUT2D eigenvalue weighted by Crippen LogP contribution is 2.23. The number of carbonyl (C=O) groups is 1. The van der Waals surface area contributed by atoms with Crippen molar-refractivity contribution in [2.45, 2.75) is 13.3 Å². The third-order valence-electron chi connectivity index (χ3n) is 3.04. The van der Waals surface area contributed by atoms with Gasteiger partial charge in [0.1, 0.15) is 17.3 Å². The number of aliphatic hydroxyl groups is 1. The molecule has 2 rings (SSSR count). The molecule has 0 saturated heterocycles. The minimum Gasteiger partial charge on any atom is -0.515 e. The molecule has 5 heteroatoms. The average molecular weight is 316 g/mol. The van der Waals surface area contributed by atoms with E-state index < -0.39 is 5.97 Å². The Labute approximate surface area is 133 Å². The van der Waals surface area contributed by atoms with Crippen molar-refractivity contribution in [3.8, 4) is 11.5 Å². The van der Waals surface area contributed by atoms with Crippen molar-refractivity contribution in [3.63, 3.8) is 0 Å². The summed E-state index contributed by atoms with van der Waals surface area (Å²) in [5, 5.41) is 9.19. The smallest absolute Gasteiger partial charge is 0.337 e. The van der Waals surface area contributed by atoms with Crippen LogP contribution in [-0.2, 0) is 16.0 Å². The van der Waals surface area contributed by atoms with Gasteiger partial charge in [-0.2, -0.15) is 0 Å². The highest BCUT2D eigenvalue weighted by Gasteiger charge is 2.12. The minimum atomic E-state index is -0.556. The summed E-state index contributed by atoms with van der Waals surface area (Å²) >= 11 is 0. The topological polar surface area (TPSA) is 55.8 Å². The van der Waals surface area contributed by atoms with Crippen molar-refractivity contribution in [1.82, 2.24) is 0 Å².